The standard InChI is InChI=1S/C23H20N2O4S/c1-12-9-16(13(2)24-22-20(23(27)28)25-14(3)30-22)21-17(10-12)18(26)11-19(29-21)15-7-5-4-6-8-15/h4-11,13,24H,1-3H3,(H,27,28)/t13-/m1/s1. The minimum atomic E-state index is -1.08. The quantitative estimate of drug-likeness (QED) is 0.449. The molecule has 2 aromatic heterocycles. The summed E-state index contributed by atoms with van der Waals surface area (Å²) in [6.07, 6.45) is 0. The van der Waals surface area contributed by atoms with E-state index in [9.17, 15) is 14.7 Å². The van der Waals surface area contributed by atoms with Crippen molar-refractivity contribution in [3.63, 3.8) is 0 Å². The molecule has 0 radical (unpaired) electrons. The van der Waals surface area contributed by atoms with Crippen molar-refractivity contribution in [3.8, 4) is 11.3 Å². The molecule has 0 saturated heterocycles. The molecule has 2 aromatic carbocycles. The van der Waals surface area contributed by atoms with Crippen LogP contribution >= 0.6 is 11.3 Å². The number of nitrogens with zero attached hydrogens (tertiary/aromatic N) is 1. The molecule has 0 spiro atoms. The van der Waals surface area contributed by atoms with Gasteiger partial charge < -0.3 is 14.8 Å². The number of aromatic carboxylic acids is 1. The van der Waals surface area contributed by atoms with Crippen LogP contribution in [-0.4, -0.2) is 16.1 Å². The van der Waals surface area contributed by atoms with Gasteiger partial charge in [-0.3, -0.25) is 4.79 Å². The molecule has 30 heavy (non-hydrogen) atoms. The van der Waals surface area contributed by atoms with Gasteiger partial charge in [-0.2, -0.15) is 0 Å². The van der Waals surface area contributed by atoms with Crippen LogP contribution in [0.15, 0.2) is 57.7 Å². The minimum absolute atomic E-state index is 0.00673. The Kier molecular flexibility index (Phi) is 5.13. The summed E-state index contributed by atoms with van der Waals surface area (Å²) < 4.78 is 6.19. The molecule has 4 rings (SSSR count). The van der Waals surface area contributed by atoms with E-state index in [1.807, 2.05) is 56.3 Å². The summed E-state index contributed by atoms with van der Waals surface area (Å²) in [6, 6.07) is 14.4. The first-order valence-electron chi connectivity index (χ1n) is 9.44. The Morgan fingerprint density at radius 1 is 1.17 bits per heavy atom. The van der Waals surface area contributed by atoms with E-state index in [0.717, 1.165) is 16.7 Å². The molecule has 2 heterocycles. The molecule has 0 bridgehead atoms. The summed E-state index contributed by atoms with van der Waals surface area (Å²) in [7, 11) is 0. The Bertz CT molecular complexity index is 1310. The van der Waals surface area contributed by atoms with Gasteiger partial charge in [0.1, 0.15) is 16.3 Å². The number of benzene rings is 2. The van der Waals surface area contributed by atoms with E-state index in [1.54, 1.807) is 6.92 Å². The second-order valence-electron chi connectivity index (χ2n) is 7.15. The van der Waals surface area contributed by atoms with Crippen LogP contribution in [0.25, 0.3) is 22.3 Å². The molecule has 0 saturated carbocycles. The van der Waals surface area contributed by atoms with E-state index >= 15 is 0 Å². The van der Waals surface area contributed by atoms with Crippen LogP contribution < -0.4 is 10.7 Å². The molecule has 0 amide bonds. The van der Waals surface area contributed by atoms with Crippen LogP contribution in [0.1, 0.15) is 39.6 Å². The smallest absolute Gasteiger partial charge is 0.357 e. The highest BCUT2D eigenvalue weighted by Crippen LogP contribution is 2.33. The number of carboxylic acid groups (broad SMARTS) is 1. The highest BCUT2D eigenvalue weighted by molar-refractivity contribution is 7.16. The summed E-state index contributed by atoms with van der Waals surface area (Å²) in [6.45, 7) is 5.59. The number of aryl methyl sites for hydroxylation is 2. The Morgan fingerprint density at radius 3 is 2.60 bits per heavy atom. The molecule has 0 unspecified atom stereocenters. The second-order valence-corrected chi connectivity index (χ2v) is 8.36. The van der Waals surface area contributed by atoms with E-state index < -0.39 is 5.97 Å². The molecule has 0 aliphatic rings. The Morgan fingerprint density at radius 2 is 1.90 bits per heavy atom. The van der Waals surface area contributed by atoms with Gasteiger partial charge in [-0.25, -0.2) is 9.78 Å². The van der Waals surface area contributed by atoms with Gasteiger partial charge in [-0.05, 0) is 32.4 Å². The molecule has 4 aromatic rings. The number of hydrogen-bond donors (Lipinski definition) is 2. The zero-order valence-electron chi connectivity index (χ0n) is 16.7. The average molecular weight is 420 g/mol. The Balaban J connectivity index is 1.84. The molecular formula is C23H20N2O4S. The highest BCUT2D eigenvalue weighted by atomic mass is 32.1. The summed E-state index contributed by atoms with van der Waals surface area (Å²) in [5.41, 5.74) is 2.88. The Hall–Kier alpha value is -3.45. The number of carboxylic acids is 1. The highest BCUT2D eigenvalue weighted by Gasteiger charge is 2.21. The van der Waals surface area contributed by atoms with Crippen molar-refractivity contribution in [2.24, 2.45) is 0 Å². The van der Waals surface area contributed by atoms with Crippen LogP contribution in [0.3, 0.4) is 0 Å². The van der Waals surface area contributed by atoms with Crippen LogP contribution in [0.5, 0.6) is 0 Å². The van der Waals surface area contributed by atoms with Crippen LogP contribution in [0.4, 0.5) is 5.00 Å². The van der Waals surface area contributed by atoms with Gasteiger partial charge >= 0.3 is 5.97 Å². The molecular weight excluding hydrogens is 400 g/mol. The van der Waals surface area contributed by atoms with Gasteiger partial charge in [-0.1, -0.05) is 36.4 Å². The minimum Gasteiger partial charge on any atom is -0.476 e. The van der Waals surface area contributed by atoms with Crippen LogP contribution in [-0.2, 0) is 0 Å². The predicted octanol–water partition coefficient (Wildman–Crippen LogP) is 5.40. The number of hydrogen-bond acceptors (Lipinski definition) is 6. The maximum absolute atomic E-state index is 12.8. The van der Waals surface area contributed by atoms with Gasteiger partial charge in [0.2, 0.25) is 0 Å². The molecule has 7 heteroatoms. The maximum atomic E-state index is 12.8. The number of rotatable bonds is 5. The zero-order chi connectivity index (χ0) is 21.4. The molecule has 6 nitrogen and oxygen atoms in total. The van der Waals surface area contributed by atoms with E-state index in [2.05, 4.69) is 10.3 Å². The lowest BCUT2D eigenvalue weighted by molar-refractivity contribution is 0.0692. The third-order valence-corrected chi connectivity index (χ3v) is 5.71. The van der Waals surface area contributed by atoms with Crippen LogP contribution in [0, 0.1) is 13.8 Å². The largest absolute Gasteiger partial charge is 0.476 e. The normalized spacial score (nSPS) is 12.1. The molecule has 152 valence electrons. The van der Waals surface area contributed by atoms with Gasteiger partial charge in [0.05, 0.1) is 16.4 Å². The molecule has 0 fully saturated rings. The van der Waals surface area contributed by atoms with Gasteiger partial charge in [0.25, 0.3) is 0 Å². The monoisotopic (exact) mass is 420 g/mol. The lowest BCUT2D eigenvalue weighted by atomic mass is 10.0. The fraction of sp³-hybridized carbons (Fsp3) is 0.174. The number of fused-ring (bicyclic) bond motifs is 1. The van der Waals surface area contributed by atoms with E-state index in [0.29, 0.717) is 26.7 Å². The average Bonchev–Trinajstić information content (AvgIpc) is 3.09. The summed E-state index contributed by atoms with van der Waals surface area (Å²) >= 11 is 1.28. The third-order valence-electron chi connectivity index (χ3n) is 4.81. The van der Waals surface area contributed by atoms with E-state index in [1.165, 1.54) is 17.4 Å². The fourth-order valence-electron chi connectivity index (χ4n) is 3.44. The lowest BCUT2D eigenvalue weighted by Gasteiger charge is -2.17. The first-order valence-corrected chi connectivity index (χ1v) is 10.3. The van der Waals surface area contributed by atoms with Gasteiger partial charge in [0.15, 0.2) is 11.1 Å². The molecule has 1 atom stereocenters. The predicted molar refractivity (Wildman–Crippen MR) is 119 cm³/mol. The zero-order valence-corrected chi connectivity index (χ0v) is 17.5. The van der Waals surface area contributed by atoms with Gasteiger partial charge in [0, 0.05) is 17.2 Å². The van der Waals surface area contributed by atoms with Crippen molar-refractivity contribution in [2.45, 2.75) is 26.8 Å². The third kappa shape index (κ3) is 3.71. The lowest BCUT2D eigenvalue weighted by Crippen LogP contribution is -2.11. The number of anilines is 1. The maximum Gasteiger partial charge on any atom is 0.357 e. The molecule has 2 N–H and O–H groups in total. The number of carbonyl (C=O) groups is 1. The van der Waals surface area contributed by atoms with Gasteiger partial charge in [-0.15, -0.1) is 11.3 Å². The van der Waals surface area contributed by atoms with Crippen molar-refractivity contribution in [1.29, 1.82) is 0 Å². The van der Waals surface area contributed by atoms with Crippen LogP contribution in [0.2, 0.25) is 0 Å². The van der Waals surface area contributed by atoms with E-state index in [4.69, 9.17) is 4.42 Å². The van der Waals surface area contributed by atoms with Crippen molar-refractivity contribution >= 4 is 33.3 Å². The number of aromatic nitrogens is 1. The topological polar surface area (TPSA) is 92.4 Å². The van der Waals surface area contributed by atoms with Crippen molar-refractivity contribution < 1.29 is 14.3 Å². The van der Waals surface area contributed by atoms with Crippen molar-refractivity contribution in [3.05, 3.63) is 80.6 Å². The van der Waals surface area contributed by atoms with E-state index in [-0.39, 0.29) is 17.2 Å². The summed E-state index contributed by atoms with van der Waals surface area (Å²) in [5.74, 6) is -0.591. The molecule has 0 aliphatic heterocycles. The first-order chi connectivity index (χ1) is 14.3. The second kappa shape index (κ2) is 7.76. The summed E-state index contributed by atoms with van der Waals surface area (Å²) in [5, 5.41) is 14.3. The van der Waals surface area contributed by atoms with Crippen molar-refractivity contribution in [1.82, 2.24) is 4.98 Å². The number of nitrogens with one attached hydrogen (secondary N) is 1. The molecule has 0 aliphatic carbocycles. The first kappa shape index (κ1) is 19.8. The Labute approximate surface area is 176 Å². The number of thiazole rings is 1. The summed E-state index contributed by atoms with van der Waals surface area (Å²) in [4.78, 5) is 28.4. The SMILES string of the molecule is Cc1cc([C@@H](C)Nc2sc(C)nc2C(=O)O)c2oc(-c3ccccc3)cc(=O)c2c1. The van der Waals surface area contributed by atoms with Crippen molar-refractivity contribution in [2.75, 3.05) is 5.32 Å². The fourth-order valence-corrected chi connectivity index (χ4v) is 4.34.